The zero-order chi connectivity index (χ0) is 15.1. The number of para-hydroxylation sites is 1. The molecule has 21 heavy (non-hydrogen) atoms. The van der Waals surface area contributed by atoms with E-state index in [0.29, 0.717) is 36.3 Å². The molecule has 0 spiro atoms. The molecule has 7 nitrogen and oxygen atoms in total. The number of nitrogens with one attached hydrogen (secondary N) is 2. The highest BCUT2D eigenvalue weighted by Crippen LogP contribution is 2.19. The number of benzene rings is 1. The zero-order valence-electron chi connectivity index (χ0n) is 11.9. The molecular weight excluding hydrogens is 268 g/mol. The van der Waals surface area contributed by atoms with Gasteiger partial charge in [0.1, 0.15) is 6.07 Å². The largest absolute Gasteiger partial charge is 0.464 e. The third-order valence-electron chi connectivity index (χ3n) is 2.52. The van der Waals surface area contributed by atoms with Crippen LogP contribution in [0.2, 0.25) is 0 Å². The fourth-order valence-corrected chi connectivity index (χ4v) is 1.65. The molecule has 0 aliphatic rings. The smallest absolute Gasteiger partial charge is 0.323 e. The van der Waals surface area contributed by atoms with Gasteiger partial charge in [0.25, 0.3) is 0 Å². The predicted molar refractivity (Wildman–Crippen MR) is 79.6 cm³/mol. The highest BCUT2D eigenvalue weighted by Gasteiger charge is 2.09. The minimum atomic E-state index is 0.236. The molecule has 0 radical (unpaired) electrons. The molecule has 0 saturated carbocycles. The summed E-state index contributed by atoms with van der Waals surface area (Å²) in [5.41, 5.74) is 1.15. The molecule has 2 aromatic rings. The van der Waals surface area contributed by atoms with Gasteiger partial charge in [0, 0.05) is 6.54 Å². The number of hydrogen-bond acceptors (Lipinski definition) is 7. The molecule has 0 aliphatic heterocycles. The normalized spacial score (nSPS) is 9.76. The Kier molecular flexibility index (Phi) is 4.88. The maximum absolute atomic E-state index is 9.09. The van der Waals surface area contributed by atoms with Gasteiger partial charge in [0.05, 0.1) is 17.9 Å². The fourth-order valence-electron chi connectivity index (χ4n) is 1.65. The second kappa shape index (κ2) is 7.05. The summed E-state index contributed by atoms with van der Waals surface area (Å²) in [6.45, 7) is 4.95. The van der Waals surface area contributed by atoms with Crippen molar-refractivity contribution < 1.29 is 4.74 Å². The molecule has 108 valence electrons. The third kappa shape index (κ3) is 3.79. The van der Waals surface area contributed by atoms with Crippen molar-refractivity contribution in [1.29, 1.82) is 5.26 Å². The van der Waals surface area contributed by atoms with Crippen LogP contribution in [0, 0.1) is 11.3 Å². The summed E-state index contributed by atoms with van der Waals surface area (Å²) in [7, 11) is 0. The molecule has 0 aliphatic carbocycles. The first-order valence-corrected chi connectivity index (χ1v) is 6.65. The fraction of sp³-hybridized carbons (Fsp3) is 0.286. The second-order valence-electron chi connectivity index (χ2n) is 4.01. The van der Waals surface area contributed by atoms with E-state index in [2.05, 4.69) is 31.7 Å². The summed E-state index contributed by atoms with van der Waals surface area (Å²) < 4.78 is 5.32. The van der Waals surface area contributed by atoms with Crippen LogP contribution >= 0.6 is 0 Å². The van der Waals surface area contributed by atoms with Crippen LogP contribution in [0.15, 0.2) is 24.3 Å². The van der Waals surface area contributed by atoms with Gasteiger partial charge in [-0.1, -0.05) is 12.1 Å². The van der Waals surface area contributed by atoms with Crippen molar-refractivity contribution in [3.63, 3.8) is 0 Å². The average Bonchev–Trinajstić information content (AvgIpc) is 2.48. The first kappa shape index (κ1) is 14.5. The summed E-state index contributed by atoms with van der Waals surface area (Å²) in [6.07, 6.45) is 0. The Morgan fingerprint density at radius 1 is 1.14 bits per heavy atom. The molecule has 0 fully saturated rings. The maximum atomic E-state index is 9.09. The van der Waals surface area contributed by atoms with Crippen LogP contribution in [0.5, 0.6) is 6.01 Å². The van der Waals surface area contributed by atoms with Gasteiger partial charge in [-0.05, 0) is 26.0 Å². The molecule has 0 amide bonds. The molecule has 1 aromatic heterocycles. The minimum absolute atomic E-state index is 0.236. The van der Waals surface area contributed by atoms with Crippen LogP contribution in [-0.2, 0) is 0 Å². The second-order valence-corrected chi connectivity index (χ2v) is 4.01. The lowest BCUT2D eigenvalue weighted by Gasteiger charge is -2.10. The summed E-state index contributed by atoms with van der Waals surface area (Å²) in [5, 5.41) is 15.1. The minimum Gasteiger partial charge on any atom is -0.464 e. The van der Waals surface area contributed by atoms with Crippen LogP contribution in [-0.4, -0.2) is 28.1 Å². The van der Waals surface area contributed by atoms with Gasteiger partial charge in [-0.2, -0.15) is 20.2 Å². The molecule has 1 aromatic carbocycles. The molecule has 1 heterocycles. The van der Waals surface area contributed by atoms with Crippen molar-refractivity contribution in [2.24, 2.45) is 0 Å². The number of aromatic nitrogens is 3. The summed E-state index contributed by atoms with van der Waals surface area (Å²) in [5.74, 6) is 0.750. The molecule has 0 saturated heterocycles. The van der Waals surface area contributed by atoms with E-state index < -0.39 is 0 Å². The van der Waals surface area contributed by atoms with Gasteiger partial charge in [-0.15, -0.1) is 0 Å². The Morgan fingerprint density at radius 2 is 1.90 bits per heavy atom. The first-order valence-electron chi connectivity index (χ1n) is 6.65. The molecule has 2 N–H and O–H groups in total. The Morgan fingerprint density at radius 3 is 2.62 bits per heavy atom. The molecule has 0 bridgehead atoms. The first-order chi connectivity index (χ1) is 10.3. The molecule has 0 atom stereocenters. The third-order valence-corrected chi connectivity index (χ3v) is 2.52. The van der Waals surface area contributed by atoms with Crippen LogP contribution < -0.4 is 15.4 Å². The monoisotopic (exact) mass is 284 g/mol. The SMILES string of the molecule is CCNc1nc(Nc2ccccc2C#N)nc(OCC)n1. The number of nitriles is 1. The van der Waals surface area contributed by atoms with Gasteiger partial charge in [0.2, 0.25) is 11.9 Å². The average molecular weight is 284 g/mol. The summed E-state index contributed by atoms with van der Waals surface area (Å²) in [4.78, 5) is 12.5. The lowest BCUT2D eigenvalue weighted by molar-refractivity contribution is 0.312. The lowest BCUT2D eigenvalue weighted by atomic mass is 10.2. The number of anilines is 3. The van der Waals surface area contributed by atoms with E-state index in [1.807, 2.05) is 19.9 Å². The van der Waals surface area contributed by atoms with Crippen molar-refractivity contribution in [3.8, 4) is 12.1 Å². The van der Waals surface area contributed by atoms with Gasteiger partial charge >= 0.3 is 6.01 Å². The van der Waals surface area contributed by atoms with E-state index >= 15 is 0 Å². The van der Waals surface area contributed by atoms with E-state index in [9.17, 15) is 0 Å². The topological polar surface area (TPSA) is 95.8 Å². The van der Waals surface area contributed by atoms with Crippen molar-refractivity contribution in [2.45, 2.75) is 13.8 Å². The van der Waals surface area contributed by atoms with E-state index in [1.165, 1.54) is 0 Å². The Balaban J connectivity index is 2.32. The highest BCUT2D eigenvalue weighted by molar-refractivity contribution is 5.63. The highest BCUT2D eigenvalue weighted by atomic mass is 16.5. The number of rotatable bonds is 6. The molecular formula is C14H16N6O. The maximum Gasteiger partial charge on any atom is 0.323 e. The zero-order valence-corrected chi connectivity index (χ0v) is 11.9. The lowest BCUT2D eigenvalue weighted by Crippen LogP contribution is -2.09. The Hall–Kier alpha value is -2.88. The Bertz CT molecular complexity index is 628. The van der Waals surface area contributed by atoms with E-state index in [4.69, 9.17) is 10.00 Å². The number of nitrogens with zero attached hydrogens (tertiary/aromatic N) is 4. The van der Waals surface area contributed by atoms with E-state index in [1.54, 1.807) is 18.2 Å². The van der Waals surface area contributed by atoms with Crippen molar-refractivity contribution in [2.75, 3.05) is 23.8 Å². The van der Waals surface area contributed by atoms with Crippen LogP contribution in [0.3, 0.4) is 0 Å². The van der Waals surface area contributed by atoms with Crippen LogP contribution in [0.4, 0.5) is 17.6 Å². The predicted octanol–water partition coefficient (Wildman–Crippen LogP) is 2.32. The Labute approximate surface area is 123 Å². The standard InChI is InChI=1S/C14H16N6O/c1-3-16-12-18-13(20-14(19-12)21-4-2)17-11-8-6-5-7-10(11)9-15/h5-8H,3-4H2,1-2H3,(H2,16,17,18,19,20). The van der Waals surface area contributed by atoms with Gasteiger partial charge in [-0.25, -0.2) is 0 Å². The van der Waals surface area contributed by atoms with Crippen molar-refractivity contribution in [1.82, 2.24) is 15.0 Å². The summed E-state index contributed by atoms with van der Waals surface area (Å²) in [6, 6.07) is 9.49. The van der Waals surface area contributed by atoms with Crippen LogP contribution in [0.25, 0.3) is 0 Å². The number of hydrogen-bond donors (Lipinski definition) is 2. The van der Waals surface area contributed by atoms with E-state index in [-0.39, 0.29) is 6.01 Å². The van der Waals surface area contributed by atoms with Gasteiger partial charge in [0.15, 0.2) is 0 Å². The molecule has 2 rings (SSSR count). The number of ether oxygens (including phenoxy) is 1. The van der Waals surface area contributed by atoms with Crippen molar-refractivity contribution >= 4 is 17.6 Å². The van der Waals surface area contributed by atoms with E-state index in [0.717, 1.165) is 0 Å². The van der Waals surface area contributed by atoms with Gasteiger partial charge in [-0.3, -0.25) is 0 Å². The summed E-state index contributed by atoms with van der Waals surface area (Å²) >= 11 is 0. The van der Waals surface area contributed by atoms with Crippen molar-refractivity contribution in [3.05, 3.63) is 29.8 Å². The molecule has 0 unspecified atom stereocenters. The van der Waals surface area contributed by atoms with Crippen LogP contribution in [0.1, 0.15) is 19.4 Å². The van der Waals surface area contributed by atoms with Gasteiger partial charge < -0.3 is 15.4 Å². The quantitative estimate of drug-likeness (QED) is 0.840. The molecule has 7 heteroatoms.